The Bertz CT molecular complexity index is 595. The Morgan fingerprint density at radius 3 is 2.67 bits per heavy atom. The number of hydrogen-bond acceptors (Lipinski definition) is 2. The van der Waals surface area contributed by atoms with Crippen molar-refractivity contribution in [3.05, 3.63) is 48.0 Å². The Balaban J connectivity index is 1.82. The van der Waals surface area contributed by atoms with Gasteiger partial charge in [0.05, 0.1) is 0 Å². The molecule has 1 atom stereocenters. The molecule has 0 fully saturated rings. The molecular formula is C18H24N2O. The first-order valence-electron chi connectivity index (χ1n) is 7.67. The third-order valence-electron chi connectivity index (χ3n) is 3.61. The van der Waals surface area contributed by atoms with Crippen LogP contribution in [-0.2, 0) is 11.2 Å². The highest BCUT2D eigenvalue weighted by molar-refractivity contribution is 5.83. The molecule has 0 aromatic heterocycles. The van der Waals surface area contributed by atoms with Gasteiger partial charge in [0.2, 0.25) is 5.91 Å². The van der Waals surface area contributed by atoms with Gasteiger partial charge >= 0.3 is 0 Å². The first-order chi connectivity index (χ1) is 10.2. The first kappa shape index (κ1) is 15.5. The zero-order valence-electron chi connectivity index (χ0n) is 12.9. The quantitative estimate of drug-likeness (QED) is 0.821. The highest BCUT2D eigenvalue weighted by atomic mass is 16.1. The molecule has 0 bridgehead atoms. The predicted octanol–water partition coefficient (Wildman–Crippen LogP) is 2.89. The molecule has 3 heteroatoms. The molecule has 0 saturated carbocycles. The van der Waals surface area contributed by atoms with Crippen LogP contribution in [0.1, 0.15) is 25.8 Å². The molecule has 0 saturated heterocycles. The third-order valence-corrected chi connectivity index (χ3v) is 3.61. The van der Waals surface area contributed by atoms with Crippen molar-refractivity contribution < 1.29 is 4.79 Å². The van der Waals surface area contributed by atoms with Crippen LogP contribution < -0.4 is 10.6 Å². The molecular weight excluding hydrogens is 260 g/mol. The van der Waals surface area contributed by atoms with Crippen LogP contribution in [0.2, 0.25) is 0 Å². The van der Waals surface area contributed by atoms with Gasteiger partial charge in [0.15, 0.2) is 0 Å². The van der Waals surface area contributed by atoms with Crippen molar-refractivity contribution in [1.82, 2.24) is 10.6 Å². The molecule has 3 nitrogen and oxygen atoms in total. The number of carbonyl (C=O) groups is 1. The molecule has 0 unspecified atom stereocenters. The summed E-state index contributed by atoms with van der Waals surface area (Å²) in [6, 6.07) is 15.0. The Hall–Kier alpha value is -1.87. The van der Waals surface area contributed by atoms with Crippen molar-refractivity contribution in [2.75, 3.05) is 13.1 Å². The molecule has 21 heavy (non-hydrogen) atoms. The van der Waals surface area contributed by atoms with Crippen molar-refractivity contribution in [2.24, 2.45) is 0 Å². The lowest BCUT2D eigenvalue weighted by Gasteiger charge is -2.13. The number of rotatable bonds is 7. The molecule has 0 aliphatic rings. The summed E-state index contributed by atoms with van der Waals surface area (Å²) in [4.78, 5) is 11.8. The van der Waals surface area contributed by atoms with Crippen LogP contribution in [0, 0.1) is 0 Å². The standard InChI is InChI=1S/C18H24N2O/c1-3-19-14(2)13-20-18(21)11-9-15-8-10-16-6-4-5-7-17(16)12-15/h4-8,10,12,14,19H,3,9,11,13H2,1-2H3,(H,20,21)/t14-/m1/s1. The Kier molecular flexibility index (Phi) is 5.76. The Morgan fingerprint density at radius 1 is 1.14 bits per heavy atom. The molecule has 2 aromatic rings. The number of aryl methyl sites for hydroxylation is 1. The SMILES string of the molecule is CCN[C@H](C)CNC(=O)CCc1ccc2ccccc2c1. The molecule has 0 spiro atoms. The molecule has 0 aliphatic carbocycles. The second-order valence-corrected chi connectivity index (χ2v) is 5.44. The van der Waals surface area contributed by atoms with Crippen molar-refractivity contribution in [1.29, 1.82) is 0 Å². The van der Waals surface area contributed by atoms with E-state index in [0.717, 1.165) is 13.0 Å². The molecule has 0 radical (unpaired) electrons. The third kappa shape index (κ3) is 4.87. The van der Waals surface area contributed by atoms with Crippen LogP contribution in [0.5, 0.6) is 0 Å². The normalized spacial score (nSPS) is 12.3. The van der Waals surface area contributed by atoms with Crippen LogP contribution in [0.3, 0.4) is 0 Å². The van der Waals surface area contributed by atoms with Gasteiger partial charge in [-0.15, -0.1) is 0 Å². The van der Waals surface area contributed by atoms with Gasteiger partial charge in [0, 0.05) is 19.0 Å². The zero-order chi connectivity index (χ0) is 15.1. The minimum atomic E-state index is 0.118. The highest BCUT2D eigenvalue weighted by Gasteiger charge is 2.05. The van der Waals surface area contributed by atoms with Crippen LogP contribution >= 0.6 is 0 Å². The van der Waals surface area contributed by atoms with E-state index >= 15 is 0 Å². The summed E-state index contributed by atoms with van der Waals surface area (Å²) in [6.45, 7) is 5.75. The second-order valence-electron chi connectivity index (χ2n) is 5.44. The maximum atomic E-state index is 11.8. The maximum absolute atomic E-state index is 11.8. The van der Waals surface area contributed by atoms with E-state index in [9.17, 15) is 4.79 Å². The summed E-state index contributed by atoms with van der Waals surface area (Å²) >= 11 is 0. The minimum Gasteiger partial charge on any atom is -0.355 e. The summed E-state index contributed by atoms with van der Waals surface area (Å²) in [7, 11) is 0. The van der Waals surface area contributed by atoms with E-state index in [4.69, 9.17) is 0 Å². The maximum Gasteiger partial charge on any atom is 0.220 e. The van der Waals surface area contributed by atoms with Crippen molar-refractivity contribution in [3.8, 4) is 0 Å². The number of hydrogen-bond donors (Lipinski definition) is 2. The van der Waals surface area contributed by atoms with Crippen LogP contribution in [0.15, 0.2) is 42.5 Å². The number of benzene rings is 2. The number of likely N-dealkylation sites (N-methyl/N-ethyl adjacent to an activating group) is 1. The van der Waals surface area contributed by atoms with Gasteiger partial charge in [-0.25, -0.2) is 0 Å². The van der Waals surface area contributed by atoms with E-state index in [2.05, 4.69) is 54.8 Å². The average Bonchev–Trinajstić information content (AvgIpc) is 2.51. The Morgan fingerprint density at radius 2 is 1.90 bits per heavy atom. The lowest BCUT2D eigenvalue weighted by atomic mass is 10.0. The van der Waals surface area contributed by atoms with Crippen LogP contribution in [0.4, 0.5) is 0 Å². The van der Waals surface area contributed by atoms with Gasteiger partial charge in [0.25, 0.3) is 0 Å². The number of amides is 1. The molecule has 2 N–H and O–H groups in total. The Labute approximate surface area is 126 Å². The van der Waals surface area contributed by atoms with Crippen LogP contribution in [0.25, 0.3) is 10.8 Å². The van der Waals surface area contributed by atoms with Crippen LogP contribution in [-0.4, -0.2) is 25.0 Å². The first-order valence-corrected chi connectivity index (χ1v) is 7.67. The van der Waals surface area contributed by atoms with E-state index in [0.29, 0.717) is 19.0 Å². The molecule has 1 amide bonds. The lowest BCUT2D eigenvalue weighted by Crippen LogP contribution is -2.38. The number of nitrogens with one attached hydrogen (secondary N) is 2. The fraction of sp³-hybridized carbons (Fsp3) is 0.389. The summed E-state index contributed by atoms with van der Waals surface area (Å²) in [6.07, 6.45) is 1.32. The van der Waals surface area contributed by atoms with E-state index in [-0.39, 0.29) is 5.91 Å². The second kappa shape index (κ2) is 7.79. The fourth-order valence-corrected chi connectivity index (χ4v) is 2.43. The largest absolute Gasteiger partial charge is 0.355 e. The minimum absolute atomic E-state index is 0.118. The van der Waals surface area contributed by atoms with E-state index in [1.54, 1.807) is 0 Å². The molecule has 0 aliphatic heterocycles. The topological polar surface area (TPSA) is 41.1 Å². The van der Waals surface area contributed by atoms with Crippen molar-refractivity contribution in [3.63, 3.8) is 0 Å². The zero-order valence-corrected chi connectivity index (χ0v) is 12.9. The summed E-state index contributed by atoms with van der Waals surface area (Å²) < 4.78 is 0. The van der Waals surface area contributed by atoms with Gasteiger partial charge in [0.1, 0.15) is 0 Å². The average molecular weight is 284 g/mol. The smallest absolute Gasteiger partial charge is 0.220 e. The van der Waals surface area contributed by atoms with Gasteiger partial charge < -0.3 is 10.6 Å². The van der Waals surface area contributed by atoms with Gasteiger partial charge in [-0.05, 0) is 36.2 Å². The van der Waals surface area contributed by atoms with E-state index in [1.165, 1.54) is 16.3 Å². The molecule has 2 aromatic carbocycles. The molecule has 2 rings (SSSR count). The fourth-order valence-electron chi connectivity index (χ4n) is 2.43. The monoisotopic (exact) mass is 284 g/mol. The van der Waals surface area contributed by atoms with Crippen molar-refractivity contribution in [2.45, 2.75) is 32.7 Å². The summed E-state index contributed by atoms with van der Waals surface area (Å²) in [5.41, 5.74) is 1.21. The summed E-state index contributed by atoms with van der Waals surface area (Å²) in [5.74, 6) is 0.118. The number of carbonyl (C=O) groups excluding carboxylic acids is 1. The number of fused-ring (bicyclic) bond motifs is 1. The molecule has 0 heterocycles. The van der Waals surface area contributed by atoms with E-state index < -0.39 is 0 Å². The predicted molar refractivity (Wildman–Crippen MR) is 88.4 cm³/mol. The van der Waals surface area contributed by atoms with Gasteiger partial charge in [-0.1, -0.05) is 49.4 Å². The van der Waals surface area contributed by atoms with Crippen molar-refractivity contribution >= 4 is 16.7 Å². The lowest BCUT2D eigenvalue weighted by molar-refractivity contribution is -0.121. The van der Waals surface area contributed by atoms with Gasteiger partial charge in [-0.2, -0.15) is 0 Å². The van der Waals surface area contributed by atoms with E-state index in [1.807, 2.05) is 12.1 Å². The summed E-state index contributed by atoms with van der Waals surface area (Å²) in [5, 5.41) is 8.73. The van der Waals surface area contributed by atoms with Gasteiger partial charge in [-0.3, -0.25) is 4.79 Å². The molecule has 112 valence electrons. The highest BCUT2D eigenvalue weighted by Crippen LogP contribution is 2.16.